The van der Waals surface area contributed by atoms with Crippen LogP contribution in [-0.2, 0) is 6.18 Å². The van der Waals surface area contributed by atoms with Gasteiger partial charge >= 0.3 is 6.18 Å². The SMILES string of the molecule is CCC(C)NC(CO)c1cccc(C(F)(F)F)c1. The molecule has 0 radical (unpaired) electrons. The first-order valence-electron chi connectivity index (χ1n) is 5.92. The summed E-state index contributed by atoms with van der Waals surface area (Å²) in [7, 11) is 0. The minimum Gasteiger partial charge on any atom is -0.394 e. The van der Waals surface area contributed by atoms with Gasteiger partial charge in [0.2, 0.25) is 0 Å². The molecule has 0 heterocycles. The zero-order valence-corrected chi connectivity index (χ0v) is 10.5. The third kappa shape index (κ3) is 3.99. The molecule has 2 unspecified atom stereocenters. The van der Waals surface area contributed by atoms with Crippen LogP contribution in [-0.4, -0.2) is 17.8 Å². The predicted molar refractivity (Wildman–Crippen MR) is 64.2 cm³/mol. The molecule has 1 aromatic rings. The van der Waals surface area contributed by atoms with Crippen LogP contribution in [0.2, 0.25) is 0 Å². The Bertz CT molecular complexity index is 379. The molecule has 2 N–H and O–H groups in total. The summed E-state index contributed by atoms with van der Waals surface area (Å²) in [6.07, 6.45) is -3.51. The second-order valence-corrected chi connectivity index (χ2v) is 4.33. The zero-order chi connectivity index (χ0) is 13.8. The van der Waals surface area contributed by atoms with Crippen molar-refractivity contribution < 1.29 is 18.3 Å². The fraction of sp³-hybridized carbons (Fsp3) is 0.538. The van der Waals surface area contributed by atoms with Crippen molar-refractivity contribution in [3.05, 3.63) is 35.4 Å². The maximum absolute atomic E-state index is 12.6. The highest BCUT2D eigenvalue weighted by Gasteiger charge is 2.31. The summed E-state index contributed by atoms with van der Waals surface area (Å²) in [5, 5.41) is 12.4. The number of aliphatic hydroxyl groups is 1. The van der Waals surface area contributed by atoms with Crippen molar-refractivity contribution in [3.8, 4) is 0 Å². The summed E-state index contributed by atoms with van der Waals surface area (Å²) in [6, 6.07) is 4.72. The van der Waals surface area contributed by atoms with Gasteiger partial charge in [-0.1, -0.05) is 19.1 Å². The van der Waals surface area contributed by atoms with Crippen LogP contribution in [0, 0.1) is 0 Å². The number of benzene rings is 1. The lowest BCUT2D eigenvalue weighted by molar-refractivity contribution is -0.137. The van der Waals surface area contributed by atoms with E-state index in [1.54, 1.807) is 6.07 Å². The van der Waals surface area contributed by atoms with Gasteiger partial charge in [-0.25, -0.2) is 0 Å². The number of alkyl halides is 3. The van der Waals surface area contributed by atoms with Crippen molar-refractivity contribution in [2.75, 3.05) is 6.61 Å². The predicted octanol–water partition coefficient (Wildman–Crippen LogP) is 3.13. The molecular weight excluding hydrogens is 243 g/mol. The van der Waals surface area contributed by atoms with Gasteiger partial charge in [-0.3, -0.25) is 0 Å². The fourth-order valence-electron chi connectivity index (χ4n) is 1.65. The van der Waals surface area contributed by atoms with Gasteiger partial charge in [0.05, 0.1) is 18.2 Å². The first kappa shape index (κ1) is 15.0. The summed E-state index contributed by atoms with van der Waals surface area (Å²) < 4.78 is 37.7. The number of hydrogen-bond donors (Lipinski definition) is 2. The summed E-state index contributed by atoms with van der Waals surface area (Å²) in [5.41, 5.74) is -0.239. The summed E-state index contributed by atoms with van der Waals surface area (Å²) >= 11 is 0. The van der Waals surface area contributed by atoms with Crippen molar-refractivity contribution in [1.82, 2.24) is 5.32 Å². The van der Waals surface area contributed by atoms with E-state index in [0.29, 0.717) is 5.56 Å². The topological polar surface area (TPSA) is 32.3 Å². The third-order valence-electron chi connectivity index (χ3n) is 2.90. The number of hydrogen-bond acceptors (Lipinski definition) is 2. The highest BCUT2D eigenvalue weighted by atomic mass is 19.4. The molecule has 0 saturated carbocycles. The first-order valence-corrected chi connectivity index (χ1v) is 5.92. The maximum Gasteiger partial charge on any atom is 0.416 e. The first-order chi connectivity index (χ1) is 8.38. The van der Waals surface area contributed by atoms with Gasteiger partial charge < -0.3 is 10.4 Å². The van der Waals surface area contributed by atoms with E-state index in [4.69, 9.17) is 0 Å². The van der Waals surface area contributed by atoms with Crippen LogP contribution in [0.1, 0.15) is 37.4 Å². The van der Waals surface area contributed by atoms with Gasteiger partial charge in [-0.2, -0.15) is 13.2 Å². The Kier molecular flexibility index (Phi) is 5.16. The Balaban J connectivity index is 2.93. The van der Waals surface area contributed by atoms with Gasteiger partial charge in [0.1, 0.15) is 0 Å². The van der Waals surface area contributed by atoms with E-state index in [1.807, 2.05) is 13.8 Å². The summed E-state index contributed by atoms with van der Waals surface area (Å²) in [6.45, 7) is 3.67. The average molecular weight is 261 g/mol. The van der Waals surface area contributed by atoms with Gasteiger partial charge in [0.15, 0.2) is 0 Å². The summed E-state index contributed by atoms with van der Waals surface area (Å²) in [5.74, 6) is 0. The molecule has 0 spiro atoms. The van der Waals surface area contributed by atoms with Crippen LogP contribution in [0.4, 0.5) is 13.2 Å². The molecule has 2 nitrogen and oxygen atoms in total. The van der Waals surface area contributed by atoms with Crippen molar-refractivity contribution in [2.45, 2.75) is 38.5 Å². The van der Waals surface area contributed by atoms with Crippen molar-refractivity contribution in [3.63, 3.8) is 0 Å². The van der Waals surface area contributed by atoms with Gasteiger partial charge in [0.25, 0.3) is 0 Å². The highest BCUT2D eigenvalue weighted by molar-refractivity contribution is 5.28. The molecular formula is C13H18F3NO. The zero-order valence-electron chi connectivity index (χ0n) is 10.5. The molecule has 0 fully saturated rings. The monoisotopic (exact) mass is 261 g/mol. The van der Waals surface area contributed by atoms with Gasteiger partial charge in [-0.15, -0.1) is 0 Å². The van der Waals surface area contributed by atoms with Crippen LogP contribution in [0.25, 0.3) is 0 Å². The number of aliphatic hydroxyl groups excluding tert-OH is 1. The van der Waals surface area contributed by atoms with Crippen LogP contribution < -0.4 is 5.32 Å². The van der Waals surface area contributed by atoms with E-state index >= 15 is 0 Å². The van der Waals surface area contributed by atoms with Crippen LogP contribution in [0.5, 0.6) is 0 Å². The van der Waals surface area contributed by atoms with Gasteiger partial charge in [0, 0.05) is 6.04 Å². The molecule has 0 aliphatic rings. The molecule has 0 aliphatic heterocycles. The molecule has 2 atom stereocenters. The Labute approximate surface area is 105 Å². The van der Waals surface area contributed by atoms with E-state index in [2.05, 4.69) is 5.32 Å². The normalized spacial score (nSPS) is 15.4. The Hall–Kier alpha value is -1.07. The summed E-state index contributed by atoms with van der Waals surface area (Å²) in [4.78, 5) is 0. The Morgan fingerprint density at radius 3 is 2.50 bits per heavy atom. The van der Waals surface area contributed by atoms with E-state index in [1.165, 1.54) is 6.07 Å². The minimum absolute atomic E-state index is 0.136. The lowest BCUT2D eigenvalue weighted by atomic mass is 10.0. The Morgan fingerprint density at radius 1 is 1.33 bits per heavy atom. The second-order valence-electron chi connectivity index (χ2n) is 4.33. The standard InChI is InChI=1S/C13H18F3NO/c1-3-9(2)17-12(8-18)10-5-4-6-11(7-10)13(14,15)16/h4-7,9,12,17-18H,3,8H2,1-2H3. The van der Waals surface area contributed by atoms with E-state index in [-0.39, 0.29) is 12.6 Å². The van der Waals surface area contributed by atoms with E-state index < -0.39 is 17.8 Å². The molecule has 5 heteroatoms. The third-order valence-corrected chi connectivity index (χ3v) is 2.90. The number of rotatable bonds is 5. The molecule has 0 bridgehead atoms. The smallest absolute Gasteiger partial charge is 0.394 e. The molecule has 1 rings (SSSR count). The van der Waals surface area contributed by atoms with E-state index in [9.17, 15) is 18.3 Å². The largest absolute Gasteiger partial charge is 0.416 e. The van der Waals surface area contributed by atoms with Crippen molar-refractivity contribution in [2.24, 2.45) is 0 Å². The Morgan fingerprint density at radius 2 is 2.00 bits per heavy atom. The van der Waals surface area contributed by atoms with Crippen molar-refractivity contribution >= 4 is 0 Å². The number of halogens is 3. The average Bonchev–Trinajstić information content (AvgIpc) is 2.34. The van der Waals surface area contributed by atoms with Gasteiger partial charge in [-0.05, 0) is 31.0 Å². The molecule has 0 saturated heterocycles. The van der Waals surface area contributed by atoms with Crippen molar-refractivity contribution in [1.29, 1.82) is 0 Å². The minimum atomic E-state index is -4.35. The molecule has 102 valence electrons. The lowest BCUT2D eigenvalue weighted by Gasteiger charge is -2.22. The maximum atomic E-state index is 12.6. The molecule has 1 aromatic carbocycles. The van der Waals surface area contributed by atoms with Crippen LogP contribution in [0.15, 0.2) is 24.3 Å². The fourth-order valence-corrected chi connectivity index (χ4v) is 1.65. The number of nitrogens with one attached hydrogen (secondary N) is 1. The molecule has 0 aliphatic carbocycles. The lowest BCUT2D eigenvalue weighted by Crippen LogP contribution is -2.32. The second kappa shape index (κ2) is 6.20. The molecule has 0 amide bonds. The van der Waals surface area contributed by atoms with E-state index in [0.717, 1.165) is 18.6 Å². The van der Waals surface area contributed by atoms with Crippen LogP contribution >= 0.6 is 0 Å². The molecule has 18 heavy (non-hydrogen) atoms. The highest BCUT2D eigenvalue weighted by Crippen LogP contribution is 2.30. The molecule has 0 aromatic heterocycles. The quantitative estimate of drug-likeness (QED) is 0.853. The van der Waals surface area contributed by atoms with Crippen LogP contribution in [0.3, 0.4) is 0 Å².